The zero-order chi connectivity index (χ0) is 13.1. The zero-order valence-electron chi connectivity index (χ0n) is 11.0. The molecule has 96 valence electrons. The van der Waals surface area contributed by atoms with E-state index in [4.69, 9.17) is 5.73 Å². The van der Waals surface area contributed by atoms with Crippen molar-refractivity contribution in [1.82, 2.24) is 5.32 Å². The van der Waals surface area contributed by atoms with Crippen molar-refractivity contribution in [2.45, 2.75) is 40.2 Å². The second-order valence-electron chi connectivity index (χ2n) is 5.26. The van der Waals surface area contributed by atoms with E-state index < -0.39 is 0 Å². The Morgan fingerprint density at radius 1 is 1.53 bits per heavy atom. The summed E-state index contributed by atoms with van der Waals surface area (Å²) in [6, 6.07) is 2.01. The van der Waals surface area contributed by atoms with Crippen molar-refractivity contribution in [2.75, 3.05) is 6.54 Å². The molecule has 3 N–H and O–H groups in total. The number of nitrogens with two attached hydrogens (primary N) is 1. The van der Waals surface area contributed by atoms with Crippen molar-refractivity contribution in [3.05, 3.63) is 21.9 Å². The molecule has 0 aliphatic rings. The molecule has 1 rings (SSSR count). The summed E-state index contributed by atoms with van der Waals surface area (Å²) in [5, 5.41) is 4.99. The van der Waals surface area contributed by atoms with E-state index in [1.54, 1.807) is 0 Å². The molecule has 0 radical (unpaired) electrons. The van der Waals surface area contributed by atoms with Gasteiger partial charge in [0, 0.05) is 12.6 Å². The standard InChI is InChI=1S/C13H22N2OS/c1-5-9-6-7-17-11(9)12(16)15-10(8-14)13(2,3)4/h6-7,10H,5,8,14H2,1-4H3,(H,15,16). The van der Waals surface area contributed by atoms with Gasteiger partial charge in [-0.2, -0.15) is 0 Å². The summed E-state index contributed by atoms with van der Waals surface area (Å²) in [7, 11) is 0. The van der Waals surface area contributed by atoms with Crippen LogP contribution >= 0.6 is 11.3 Å². The van der Waals surface area contributed by atoms with E-state index in [0.717, 1.165) is 16.9 Å². The van der Waals surface area contributed by atoms with Crippen molar-refractivity contribution in [3.8, 4) is 0 Å². The number of carbonyl (C=O) groups is 1. The second-order valence-corrected chi connectivity index (χ2v) is 6.17. The van der Waals surface area contributed by atoms with E-state index in [-0.39, 0.29) is 17.4 Å². The molecule has 1 aromatic rings. The number of hydrogen-bond acceptors (Lipinski definition) is 3. The van der Waals surface area contributed by atoms with Crippen LogP contribution in [0.5, 0.6) is 0 Å². The van der Waals surface area contributed by atoms with Gasteiger partial charge in [0.25, 0.3) is 5.91 Å². The number of nitrogens with one attached hydrogen (secondary N) is 1. The maximum Gasteiger partial charge on any atom is 0.261 e. The van der Waals surface area contributed by atoms with Gasteiger partial charge < -0.3 is 11.1 Å². The lowest BCUT2D eigenvalue weighted by atomic mass is 9.86. The first-order valence-corrected chi connectivity index (χ1v) is 6.85. The van der Waals surface area contributed by atoms with Crippen LogP contribution in [0, 0.1) is 5.41 Å². The lowest BCUT2D eigenvalue weighted by molar-refractivity contribution is 0.0909. The molecule has 0 aromatic carbocycles. The average Bonchev–Trinajstić information content (AvgIpc) is 2.71. The van der Waals surface area contributed by atoms with Gasteiger partial charge in [0.1, 0.15) is 0 Å². The Balaban J connectivity index is 2.78. The summed E-state index contributed by atoms with van der Waals surface area (Å²) in [5.74, 6) is 0.00206. The Labute approximate surface area is 107 Å². The van der Waals surface area contributed by atoms with Gasteiger partial charge in [-0.05, 0) is 28.8 Å². The van der Waals surface area contributed by atoms with E-state index in [2.05, 4.69) is 33.0 Å². The normalized spacial score (nSPS) is 13.5. The smallest absolute Gasteiger partial charge is 0.261 e. The Bertz CT molecular complexity index is 379. The summed E-state index contributed by atoms with van der Waals surface area (Å²) < 4.78 is 0. The minimum atomic E-state index is -0.0198. The maximum atomic E-state index is 12.1. The first kappa shape index (κ1) is 14.2. The third kappa shape index (κ3) is 3.54. The van der Waals surface area contributed by atoms with E-state index in [1.165, 1.54) is 11.3 Å². The molecule has 17 heavy (non-hydrogen) atoms. The molecule has 0 saturated heterocycles. The average molecular weight is 254 g/mol. The first-order chi connectivity index (χ1) is 7.90. The van der Waals surface area contributed by atoms with Crippen LogP contribution in [0.25, 0.3) is 0 Å². The van der Waals surface area contributed by atoms with Crippen LogP contribution in [0.2, 0.25) is 0 Å². The molecular formula is C13H22N2OS. The Morgan fingerprint density at radius 2 is 2.18 bits per heavy atom. The fourth-order valence-corrected chi connectivity index (χ4v) is 2.56. The molecule has 1 amide bonds. The van der Waals surface area contributed by atoms with Gasteiger partial charge in [-0.1, -0.05) is 27.7 Å². The van der Waals surface area contributed by atoms with Crippen molar-refractivity contribution in [2.24, 2.45) is 11.1 Å². The summed E-state index contributed by atoms with van der Waals surface area (Å²) in [4.78, 5) is 13.0. The van der Waals surface area contributed by atoms with Gasteiger partial charge in [0.05, 0.1) is 4.88 Å². The fourth-order valence-electron chi connectivity index (χ4n) is 1.67. The van der Waals surface area contributed by atoms with Gasteiger partial charge in [-0.15, -0.1) is 11.3 Å². The Kier molecular flexibility index (Phi) is 4.71. The van der Waals surface area contributed by atoms with Crippen LogP contribution in [0.4, 0.5) is 0 Å². The molecule has 0 bridgehead atoms. The van der Waals surface area contributed by atoms with Crippen LogP contribution in [-0.4, -0.2) is 18.5 Å². The lowest BCUT2D eigenvalue weighted by Crippen LogP contribution is -2.48. The molecule has 3 nitrogen and oxygen atoms in total. The molecular weight excluding hydrogens is 232 g/mol. The number of thiophene rings is 1. The summed E-state index contributed by atoms with van der Waals surface area (Å²) in [6.45, 7) is 8.77. The van der Waals surface area contributed by atoms with Gasteiger partial charge in [0.2, 0.25) is 0 Å². The molecule has 0 aliphatic heterocycles. The third-order valence-electron chi connectivity index (χ3n) is 2.92. The van der Waals surface area contributed by atoms with Crippen LogP contribution in [0.1, 0.15) is 42.9 Å². The lowest BCUT2D eigenvalue weighted by Gasteiger charge is -2.30. The van der Waals surface area contributed by atoms with Gasteiger partial charge in [0.15, 0.2) is 0 Å². The van der Waals surface area contributed by atoms with Gasteiger partial charge in [-0.3, -0.25) is 4.79 Å². The monoisotopic (exact) mass is 254 g/mol. The number of aryl methyl sites for hydroxylation is 1. The number of hydrogen-bond donors (Lipinski definition) is 2. The largest absolute Gasteiger partial charge is 0.347 e. The summed E-state index contributed by atoms with van der Waals surface area (Å²) >= 11 is 1.49. The van der Waals surface area contributed by atoms with Crippen molar-refractivity contribution in [1.29, 1.82) is 0 Å². The van der Waals surface area contributed by atoms with E-state index >= 15 is 0 Å². The minimum Gasteiger partial charge on any atom is -0.347 e. The predicted molar refractivity (Wildman–Crippen MR) is 73.5 cm³/mol. The Morgan fingerprint density at radius 3 is 2.65 bits per heavy atom. The highest BCUT2D eigenvalue weighted by Gasteiger charge is 2.26. The zero-order valence-corrected chi connectivity index (χ0v) is 11.9. The predicted octanol–water partition coefficient (Wildman–Crippen LogP) is 2.41. The highest BCUT2D eigenvalue weighted by molar-refractivity contribution is 7.12. The van der Waals surface area contributed by atoms with Crippen LogP contribution in [0.3, 0.4) is 0 Å². The first-order valence-electron chi connectivity index (χ1n) is 5.97. The fraction of sp³-hybridized carbons (Fsp3) is 0.615. The number of carbonyl (C=O) groups excluding carboxylic acids is 1. The van der Waals surface area contributed by atoms with Crippen LogP contribution in [-0.2, 0) is 6.42 Å². The van der Waals surface area contributed by atoms with Crippen LogP contribution < -0.4 is 11.1 Å². The summed E-state index contributed by atoms with van der Waals surface area (Å²) in [5.41, 5.74) is 6.81. The van der Waals surface area contributed by atoms with Crippen molar-refractivity contribution >= 4 is 17.2 Å². The highest BCUT2D eigenvalue weighted by atomic mass is 32.1. The molecule has 1 atom stereocenters. The Hall–Kier alpha value is -0.870. The van der Waals surface area contributed by atoms with Gasteiger partial charge in [-0.25, -0.2) is 0 Å². The van der Waals surface area contributed by atoms with E-state index in [9.17, 15) is 4.79 Å². The molecule has 0 aliphatic carbocycles. The third-order valence-corrected chi connectivity index (χ3v) is 3.88. The molecule has 0 fully saturated rings. The number of amides is 1. The van der Waals surface area contributed by atoms with Crippen molar-refractivity contribution < 1.29 is 4.79 Å². The molecule has 0 saturated carbocycles. The molecule has 1 heterocycles. The SMILES string of the molecule is CCc1ccsc1C(=O)NC(CN)C(C)(C)C. The molecule has 0 spiro atoms. The summed E-state index contributed by atoms with van der Waals surface area (Å²) in [6.07, 6.45) is 0.884. The quantitative estimate of drug-likeness (QED) is 0.867. The molecule has 1 aromatic heterocycles. The maximum absolute atomic E-state index is 12.1. The highest BCUT2D eigenvalue weighted by Crippen LogP contribution is 2.21. The number of rotatable bonds is 4. The van der Waals surface area contributed by atoms with E-state index in [1.807, 2.05) is 11.4 Å². The van der Waals surface area contributed by atoms with Crippen LogP contribution in [0.15, 0.2) is 11.4 Å². The van der Waals surface area contributed by atoms with Gasteiger partial charge >= 0.3 is 0 Å². The van der Waals surface area contributed by atoms with E-state index in [0.29, 0.717) is 6.54 Å². The molecule has 4 heteroatoms. The van der Waals surface area contributed by atoms with Crippen molar-refractivity contribution in [3.63, 3.8) is 0 Å². The topological polar surface area (TPSA) is 55.1 Å². The minimum absolute atomic E-state index is 0.00167. The molecule has 1 unspecified atom stereocenters. The second kappa shape index (κ2) is 5.65.